The topological polar surface area (TPSA) is 37.0 Å². The van der Waals surface area contributed by atoms with Gasteiger partial charge < -0.3 is 10.6 Å². The zero-order chi connectivity index (χ0) is 12.3. The fourth-order valence-corrected chi connectivity index (χ4v) is 1.84. The Bertz CT molecular complexity index is 506. The van der Waals surface area contributed by atoms with E-state index in [1.807, 2.05) is 13.1 Å². The van der Waals surface area contributed by atoms with Crippen LogP contribution in [0.3, 0.4) is 0 Å². The predicted octanol–water partition coefficient (Wildman–Crippen LogP) is 2.77. The van der Waals surface area contributed by atoms with Gasteiger partial charge in [-0.05, 0) is 17.7 Å². The van der Waals surface area contributed by atoms with Crippen molar-refractivity contribution in [3.8, 4) is 0 Å². The van der Waals surface area contributed by atoms with E-state index in [4.69, 9.17) is 0 Å². The van der Waals surface area contributed by atoms with Crippen LogP contribution < -0.4 is 10.6 Å². The lowest BCUT2D eigenvalue weighted by Crippen LogP contribution is -2.22. The van der Waals surface area contributed by atoms with Crippen LogP contribution in [0.4, 0.5) is 5.82 Å². The molecule has 0 aliphatic heterocycles. The molecule has 3 nitrogen and oxygen atoms in total. The molecule has 3 heteroatoms. The number of nitrogens with one attached hydrogen (secondary N) is 2. The van der Waals surface area contributed by atoms with Crippen LogP contribution in [-0.4, -0.2) is 18.1 Å². The molecule has 17 heavy (non-hydrogen) atoms. The van der Waals surface area contributed by atoms with Gasteiger partial charge in [0.2, 0.25) is 0 Å². The van der Waals surface area contributed by atoms with Crippen LogP contribution in [0.5, 0.6) is 0 Å². The molecule has 0 spiro atoms. The molecule has 2 rings (SSSR count). The molecule has 0 aliphatic rings. The van der Waals surface area contributed by atoms with Crippen LogP contribution in [0.1, 0.15) is 19.4 Å². The van der Waals surface area contributed by atoms with E-state index in [9.17, 15) is 0 Å². The van der Waals surface area contributed by atoms with Crippen molar-refractivity contribution in [1.29, 1.82) is 0 Å². The summed E-state index contributed by atoms with van der Waals surface area (Å²) in [5.74, 6) is 0.921. The maximum absolute atomic E-state index is 4.54. The Balaban J connectivity index is 2.43. The highest BCUT2D eigenvalue weighted by Crippen LogP contribution is 2.20. The Morgan fingerprint density at radius 3 is 2.71 bits per heavy atom. The highest BCUT2D eigenvalue weighted by Gasteiger charge is 2.05. The van der Waals surface area contributed by atoms with E-state index < -0.39 is 0 Å². The molecule has 0 atom stereocenters. The van der Waals surface area contributed by atoms with Gasteiger partial charge in [-0.2, -0.15) is 0 Å². The monoisotopic (exact) mass is 229 g/mol. The number of nitrogens with zero attached hydrogens (tertiary/aromatic N) is 1. The van der Waals surface area contributed by atoms with Crippen molar-refractivity contribution < 1.29 is 0 Å². The van der Waals surface area contributed by atoms with Crippen molar-refractivity contribution in [3.05, 3.63) is 35.9 Å². The summed E-state index contributed by atoms with van der Waals surface area (Å²) in [5.41, 5.74) is 2.33. The molecular formula is C14H19N3. The fraction of sp³-hybridized carbons (Fsp3) is 0.357. The van der Waals surface area contributed by atoms with Gasteiger partial charge in [-0.1, -0.05) is 32.0 Å². The van der Waals surface area contributed by atoms with Gasteiger partial charge >= 0.3 is 0 Å². The maximum atomic E-state index is 4.54. The molecule has 0 bridgehead atoms. The summed E-state index contributed by atoms with van der Waals surface area (Å²) in [4.78, 5) is 4.54. The first-order chi connectivity index (χ1) is 8.20. The van der Waals surface area contributed by atoms with Crippen molar-refractivity contribution in [1.82, 2.24) is 10.3 Å². The Labute approximate surface area is 102 Å². The van der Waals surface area contributed by atoms with Crippen molar-refractivity contribution in [2.75, 3.05) is 12.4 Å². The first-order valence-corrected chi connectivity index (χ1v) is 6.00. The standard InChI is InChI=1S/C14H19N3/c1-10(2)16-9-11-8-14(15-3)17-13-7-5-4-6-12(11)13/h4-8,10,16H,9H2,1-3H3,(H,15,17). The number of hydrogen-bond acceptors (Lipinski definition) is 3. The third-order valence-corrected chi connectivity index (χ3v) is 2.76. The van der Waals surface area contributed by atoms with Gasteiger partial charge in [0.15, 0.2) is 0 Å². The van der Waals surface area contributed by atoms with E-state index in [0.29, 0.717) is 6.04 Å². The highest BCUT2D eigenvalue weighted by molar-refractivity contribution is 5.83. The zero-order valence-electron chi connectivity index (χ0n) is 10.6. The third kappa shape index (κ3) is 2.74. The number of fused-ring (bicyclic) bond motifs is 1. The number of aromatic nitrogens is 1. The number of hydrogen-bond donors (Lipinski definition) is 2. The molecular weight excluding hydrogens is 210 g/mol. The summed E-state index contributed by atoms with van der Waals surface area (Å²) in [6.07, 6.45) is 0. The minimum absolute atomic E-state index is 0.486. The number of benzene rings is 1. The van der Waals surface area contributed by atoms with E-state index in [1.165, 1.54) is 10.9 Å². The van der Waals surface area contributed by atoms with Crippen LogP contribution in [0.2, 0.25) is 0 Å². The zero-order valence-corrected chi connectivity index (χ0v) is 10.6. The van der Waals surface area contributed by atoms with Gasteiger partial charge in [-0.25, -0.2) is 4.98 Å². The lowest BCUT2D eigenvalue weighted by Gasteiger charge is -2.12. The van der Waals surface area contributed by atoms with Crippen molar-refractivity contribution in [2.45, 2.75) is 26.4 Å². The summed E-state index contributed by atoms with van der Waals surface area (Å²) in [7, 11) is 1.90. The van der Waals surface area contributed by atoms with Crippen LogP contribution in [0.25, 0.3) is 10.9 Å². The molecule has 90 valence electrons. The average Bonchev–Trinajstić information content (AvgIpc) is 2.35. The Hall–Kier alpha value is -1.61. The van der Waals surface area contributed by atoms with Crippen LogP contribution in [0.15, 0.2) is 30.3 Å². The molecule has 0 saturated carbocycles. The summed E-state index contributed by atoms with van der Waals surface area (Å²) in [6, 6.07) is 10.8. The number of pyridine rings is 1. The van der Waals surface area contributed by atoms with Crippen molar-refractivity contribution in [2.24, 2.45) is 0 Å². The van der Waals surface area contributed by atoms with Gasteiger partial charge in [-0.3, -0.25) is 0 Å². The lowest BCUT2D eigenvalue weighted by molar-refractivity contribution is 0.590. The summed E-state index contributed by atoms with van der Waals surface area (Å²) >= 11 is 0. The van der Waals surface area contributed by atoms with Crippen molar-refractivity contribution in [3.63, 3.8) is 0 Å². The number of para-hydroxylation sites is 1. The molecule has 2 N–H and O–H groups in total. The smallest absolute Gasteiger partial charge is 0.126 e. The second-order valence-electron chi connectivity index (χ2n) is 4.47. The van der Waals surface area contributed by atoms with E-state index >= 15 is 0 Å². The minimum atomic E-state index is 0.486. The molecule has 1 heterocycles. The first kappa shape index (κ1) is 11.9. The SMILES string of the molecule is CNc1cc(CNC(C)C)c2ccccc2n1. The third-order valence-electron chi connectivity index (χ3n) is 2.76. The summed E-state index contributed by atoms with van der Waals surface area (Å²) in [5, 5.41) is 7.78. The summed E-state index contributed by atoms with van der Waals surface area (Å²) < 4.78 is 0. The Morgan fingerprint density at radius 1 is 1.24 bits per heavy atom. The van der Waals surface area contributed by atoms with E-state index in [-0.39, 0.29) is 0 Å². The number of anilines is 1. The maximum Gasteiger partial charge on any atom is 0.126 e. The normalized spacial score (nSPS) is 11.1. The highest BCUT2D eigenvalue weighted by atomic mass is 15.0. The molecule has 0 amide bonds. The van der Waals surface area contributed by atoms with Crippen molar-refractivity contribution >= 4 is 16.7 Å². The Kier molecular flexibility index (Phi) is 3.59. The minimum Gasteiger partial charge on any atom is -0.373 e. The number of rotatable bonds is 4. The molecule has 1 aromatic heterocycles. The van der Waals surface area contributed by atoms with E-state index in [0.717, 1.165) is 17.9 Å². The molecule has 0 aliphatic carbocycles. The molecule has 1 aromatic carbocycles. The quantitative estimate of drug-likeness (QED) is 0.846. The molecule has 2 aromatic rings. The first-order valence-electron chi connectivity index (χ1n) is 6.00. The van der Waals surface area contributed by atoms with E-state index in [1.54, 1.807) is 0 Å². The van der Waals surface area contributed by atoms with Gasteiger partial charge in [0.05, 0.1) is 5.52 Å². The van der Waals surface area contributed by atoms with Gasteiger partial charge in [0, 0.05) is 25.0 Å². The second-order valence-corrected chi connectivity index (χ2v) is 4.47. The van der Waals surface area contributed by atoms with Crippen LogP contribution in [0, 0.1) is 0 Å². The predicted molar refractivity (Wildman–Crippen MR) is 73.3 cm³/mol. The Morgan fingerprint density at radius 2 is 2.00 bits per heavy atom. The van der Waals surface area contributed by atoms with Crippen LogP contribution >= 0.6 is 0 Å². The molecule has 0 radical (unpaired) electrons. The molecule has 0 saturated heterocycles. The van der Waals surface area contributed by atoms with E-state index in [2.05, 4.69) is 53.7 Å². The molecule has 0 unspecified atom stereocenters. The fourth-order valence-electron chi connectivity index (χ4n) is 1.84. The largest absolute Gasteiger partial charge is 0.373 e. The van der Waals surface area contributed by atoms with Gasteiger partial charge in [0.1, 0.15) is 5.82 Å². The lowest BCUT2D eigenvalue weighted by atomic mass is 10.1. The van der Waals surface area contributed by atoms with Gasteiger partial charge in [-0.15, -0.1) is 0 Å². The van der Waals surface area contributed by atoms with Crippen LogP contribution in [-0.2, 0) is 6.54 Å². The van der Waals surface area contributed by atoms with Gasteiger partial charge in [0.25, 0.3) is 0 Å². The molecule has 0 fully saturated rings. The average molecular weight is 229 g/mol. The second kappa shape index (κ2) is 5.15. The summed E-state index contributed by atoms with van der Waals surface area (Å²) in [6.45, 7) is 5.18.